The first kappa shape index (κ1) is 17.8. The number of carbonyl (C=O) groups excluding carboxylic acids is 1. The summed E-state index contributed by atoms with van der Waals surface area (Å²) in [6.45, 7) is 5.99. The first-order chi connectivity index (χ1) is 10.3. The highest BCUT2D eigenvalue weighted by atomic mass is 32.2. The summed E-state index contributed by atoms with van der Waals surface area (Å²) in [7, 11) is -3.40. The summed E-state index contributed by atoms with van der Waals surface area (Å²) in [5.41, 5.74) is 12.2. The first-order valence-corrected chi connectivity index (χ1v) is 8.65. The van der Waals surface area contributed by atoms with E-state index in [0.717, 1.165) is 6.26 Å². The van der Waals surface area contributed by atoms with E-state index in [1.54, 1.807) is 13.0 Å². The minimum atomic E-state index is -3.40. The molecule has 2 aromatic heterocycles. The monoisotopic (exact) mass is 327 g/mol. The van der Waals surface area contributed by atoms with Gasteiger partial charge in [-0.3, -0.25) is 9.10 Å². The lowest BCUT2D eigenvalue weighted by atomic mass is 10.2. The summed E-state index contributed by atoms with van der Waals surface area (Å²) in [5, 5.41) is 4.00. The Morgan fingerprint density at radius 3 is 2.45 bits per heavy atom. The Morgan fingerprint density at radius 2 is 2.00 bits per heavy atom. The number of amides is 1. The zero-order valence-electron chi connectivity index (χ0n) is 13.1. The molecule has 9 heteroatoms. The molecule has 0 saturated carbocycles. The van der Waals surface area contributed by atoms with Gasteiger partial charge in [0, 0.05) is 6.54 Å². The van der Waals surface area contributed by atoms with Crippen LogP contribution in [0.25, 0.3) is 5.52 Å². The van der Waals surface area contributed by atoms with Crippen molar-refractivity contribution in [2.45, 2.75) is 20.8 Å². The first-order valence-electron chi connectivity index (χ1n) is 6.80. The van der Waals surface area contributed by atoms with Crippen molar-refractivity contribution in [1.82, 2.24) is 9.61 Å². The lowest BCUT2D eigenvalue weighted by molar-refractivity contribution is 0.100. The Morgan fingerprint density at radius 1 is 1.41 bits per heavy atom. The second-order valence-electron chi connectivity index (χ2n) is 4.29. The molecule has 0 radical (unpaired) electrons. The average Bonchev–Trinajstić information content (AvgIpc) is 2.84. The van der Waals surface area contributed by atoms with E-state index in [1.807, 2.05) is 13.8 Å². The Labute approximate surface area is 129 Å². The number of nitrogen functional groups attached to an aromatic ring is 1. The van der Waals surface area contributed by atoms with Gasteiger partial charge in [0.15, 0.2) is 0 Å². The maximum absolute atomic E-state index is 11.7. The zero-order chi connectivity index (χ0) is 17.1. The molecule has 4 N–H and O–H groups in total. The minimum absolute atomic E-state index is 0.101. The maximum atomic E-state index is 11.7. The third-order valence-electron chi connectivity index (χ3n) is 2.90. The number of hydrogen-bond donors (Lipinski definition) is 2. The van der Waals surface area contributed by atoms with Crippen LogP contribution in [0.4, 0.5) is 11.4 Å². The summed E-state index contributed by atoms with van der Waals surface area (Å²) in [6.07, 6.45) is 3.90. The van der Waals surface area contributed by atoms with E-state index in [4.69, 9.17) is 11.5 Å². The predicted molar refractivity (Wildman–Crippen MR) is 87.3 cm³/mol. The predicted octanol–water partition coefficient (Wildman–Crippen LogP) is 0.828. The van der Waals surface area contributed by atoms with Crippen molar-refractivity contribution >= 4 is 32.8 Å². The number of hydrogen-bond acceptors (Lipinski definition) is 5. The minimum Gasteiger partial charge on any atom is -0.396 e. The maximum Gasteiger partial charge on any atom is 0.252 e. The van der Waals surface area contributed by atoms with Crippen molar-refractivity contribution in [3.8, 4) is 0 Å². The third kappa shape index (κ3) is 3.30. The van der Waals surface area contributed by atoms with E-state index in [-0.39, 0.29) is 17.8 Å². The summed E-state index contributed by atoms with van der Waals surface area (Å²) < 4.78 is 26.0. The molecule has 0 unspecified atom stereocenters. The third-order valence-corrected chi connectivity index (χ3v) is 4.17. The molecule has 2 heterocycles. The molecule has 8 nitrogen and oxygen atoms in total. The van der Waals surface area contributed by atoms with Crippen LogP contribution in [-0.2, 0) is 10.0 Å². The molecule has 2 rings (SSSR count). The number of rotatable bonds is 4. The quantitative estimate of drug-likeness (QED) is 0.860. The Kier molecular flexibility index (Phi) is 5.37. The Bertz CT molecular complexity index is 782. The van der Waals surface area contributed by atoms with E-state index in [9.17, 15) is 13.2 Å². The van der Waals surface area contributed by atoms with E-state index in [2.05, 4.69) is 5.10 Å². The molecule has 1 amide bonds. The highest BCUT2D eigenvalue weighted by Gasteiger charge is 2.19. The lowest BCUT2D eigenvalue weighted by Crippen LogP contribution is -2.28. The smallest absolute Gasteiger partial charge is 0.252 e. The number of sulfonamides is 1. The molecule has 122 valence electrons. The van der Waals surface area contributed by atoms with Crippen LogP contribution in [0.2, 0.25) is 0 Å². The fraction of sp³-hybridized carbons (Fsp3) is 0.385. The number of anilines is 2. The van der Waals surface area contributed by atoms with Crippen molar-refractivity contribution in [3.63, 3.8) is 0 Å². The fourth-order valence-corrected chi connectivity index (χ4v) is 2.96. The van der Waals surface area contributed by atoms with Crippen LogP contribution in [0, 0.1) is 0 Å². The van der Waals surface area contributed by atoms with Gasteiger partial charge in [-0.05, 0) is 13.0 Å². The SMILES string of the molecule is CC.CCN(c1cc2c(N)c(C(N)=O)cnn2c1)S(C)(=O)=O. The number of aromatic nitrogens is 2. The van der Waals surface area contributed by atoms with E-state index >= 15 is 0 Å². The number of carbonyl (C=O) groups is 1. The molecule has 0 aromatic carbocycles. The largest absolute Gasteiger partial charge is 0.396 e. The van der Waals surface area contributed by atoms with Gasteiger partial charge in [0.1, 0.15) is 0 Å². The number of nitrogens with two attached hydrogens (primary N) is 2. The molecule has 0 saturated heterocycles. The Balaban J connectivity index is 0.00000116. The topological polar surface area (TPSA) is 124 Å². The zero-order valence-corrected chi connectivity index (χ0v) is 13.9. The second-order valence-corrected chi connectivity index (χ2v) is 6.20. The molecule has 2 aromatic rings. The Hall–Kier alpha value is -2.29. The van der Waals surface area contributed by atoms with Gasteiger partial charge in [0.25, 0.3) is 5.91 Å². The molecular weight excluding hydrogens is 306 g/mol. The summed E-state index contributed by atoms with van der Waals surface area (Å²) in [5.74, 6) is -0.685. The molecule has 0 aliphatic heterocycles. The van der Waals surface area contributed by atoms with Gasteiger partial charge in [0.05, 0.1) is 41.1 Å². The molecule has 0 aliphatic carbocycles. The highest BCUT2D eigenvalue weighted by Crippen LogP contribution is 2.25. The molecule has 0 bridgehead atoms. The normalized spacial score (nSPS) is 10.9. The van der Waals surface area contributed by atoms with E-state index < -0.39 is 15.9 Å². The van der Waals surface area contributed by atoms with Crippen LogP contribution in [0.3, 0.4) is 0 Å². The standard InChI is InChI=1S/C11H15N5O3S.C2H6/c1-3-16(20(2,18)19)7-4-9-10(12)8(11(13)17)5-14-15(9)6-7;1-2/h4-6H,3,12H2,1-2H3,(H2,13,17);1-2H3. The molecule has 0 spiro atoms. The highest BCUT2D eigenvalue weighted by molar-refractivity contribution is 7.92. The average molecular weight is 327 g/mol. The van der Waals surface area contributed by atoms with Crippen molar-refractivity contribution in [3.05, 3.63) is 24.0 Å². The molecule has 0 fully saturated rings. The number of fused-ring (bicyclic) bond motifs is 1. The van der Waals surface area contributed by atoms with E-state index in [1.165, 1.54) is 21.2 Å². The van der Waals surface area contributed by atoms with Crippen molar-refractivity contribution in [2.24, 2.45) is 5.73 Å². The van der Waals surface area contributed by atoms with Crippen LogP contribution in [0.15, 0.2) is 18.5 Å². The van der Waals surface area contributed by atoms with Crippen molar-refractivity contribution in [2.75, 3.05) is 22.8 Å². The number of nitrogens with zero attached hydrogens (tertiary/aromatic N) is 3. The van der Waals surface area contributed by atoms with Gasteiger partial charge in [0.2, 0.25) is 10.0 Å². The van der Waals surface area contributed by atoms with Crippen LogP contribution in [-0.4, -0.2) is 36.7 Å². The van der Waals surface area contributed by atoms with Gasteiger partial charge in [-0.2, -0.15) is 5.10 Å². The molecule has 0 atom stereocenters. The lowest BCUT2D eigenvalue weighted by Gasteiger charge is -2.17. The summed E-state index contributed by atoms with van der Waals surface area (Å²) >= 11 is 0. The van der Waals surface area contributed by atoms with E-state index in [0.29, 0.717) is 11.2 Å². The molecular formula is C13H21N5O3S. The summed E-state index contributed by atoms with van der Waals surface area (Å²) in [4.78, 5) is 11.2. The van der Waals surface area contributed by atoms with Gasteiger partial charge in [-0.1, -0.05) is 13.8 Å². The molecule has 0 aliphatic rings. The van der Waals surface area contributed by atoms with Crippen LogP contribution in [0.1, 0.15) is 31.1 Å². The van der Waals surface area contributed by atoms with Gasteiger partial charge < -0.3 is 11.5 Å². The second kappa shape index (κ2) is 6.65. The van der Waals surface area contributed by atoms with Gasteiger partial charge >= 0.3 is 0 Å². The molecule has 22 heavy (non-hydrogen) atoms. The van der Waals surface area contributed by atoms with Gasteiger partial charge in [-0.15, -0.1) is 0 Å². The fourth-order valence-electron chi connectivity index (χ4n) is 2.00. The van der Waals surface area contributed by atoms with Gasteiger partial charge in [-0.25, -0.2) is 12.9 Å². The van der Waals surface area contributed by atoms with Crippen molar-refractivity contribution in [1.29, 1.82) is 0 Å². The van der Waals surface area contributed by atoms with Crippen LogP contribution < -0.4 is 15.8 Å². The van der Waals surface area contributed by atoms with Crippen molar-refractivity contribution < 1.29 is 13.2 Å². The summed E-state index contributed by atoms with van der Waals surface area (Å²) in [6, 6.07) is 1.55. The van der Waals surface area contributed by atoms with Crippen LogP contribution in [0.5, 0.6) is 0 Å². The van der Waals surface area contributed by atoms with Crippen LogP contribution >= 0.6 is 0 Å². The number of primary amides is 1.